The number of carbonyl (C=O) groups excluding carboxylic acids is 2. The second-order valence-electron chi connectivity index (χ2n) is 4.12. The summed E-state index contributed by atoms with van der Waals surface area (Å²) in [7, 11) is 0. The number of carbonyl (C=O) groups is 2. The normalized spacial score (nSPS) is 29.0. The van der Waals surface area contributed by atoms with Gasteiger partial charge in [-0.15, -0.1) is 11.6 Å². The lowest BCUT2D eigenvalue weighted by Gasteiger charge is -2.41. The van der Waals surface area contributed by atoms with Gasteiger partial charge in [-0.2, -0.15) is 0 Å². The van der Waals surface area contributed by atoms with Crippen molar-refractivity contribution in [3.8, 4) is 0 Å². The number of anilines is 1. The molecular weight excluding hydrogens is 311 g/mol. The molecule has 1 saturated heterocycles. The van der Waals surface area contributed by atoms with Gasteiger partial charge in [0.2, 0.25) is 5.72 Å². The number of ether oxygens (including phenoxy) is 1. The van der Waals surface area contributed by atoms with E-state index in [1.807, 2.05) is 6.92 Å². The SMILES string of the molecule is CC[C@@]12OC(=O)C(=O)N1c1ccc(Cl)nc1S[C@@H]2Cl. The van der Waals surface area contributed by atoms with E-state index >= 15 is 0 Å². The van der Waals surface area contributed by atoms with Gasteiger partial charge in [0.15, 0.2) is 0 Å². The fourth-order valence-electron chi connectivity index (χ4n) is 2.22. The summed E-state index contributed by atoms with van der Waals surface area (Å²) in [4.78, 5) is 29.0. The van der Waals surface area contributed by atoms with E-state index < -0.39 is 22.3 Å². The Balaban J connectivity index is 2.22. The monoisotopic (exact) mass is 318 g/mol. The molecule has 0 unspecified atom stereocenters. The zero-order chi connectivity index (χ0) is 13.8. The van der Waals surface area contributed by atoms with E-state index in [0.29, 0.717) is 22.3 Å². The molecule has 3 rings (SSSR count). The molecule has 1 amide bonds. The summed E-state index contributed by atoms with van der Waals surface area (Å²) in [5.41, 5.74) is -0.646. The molecule has 2 aliphatic heterocycles. The topological polar surface area (TPSA) is 59.5 Å². The van der Waals surface area contributed by atoms with E-state index in [4.69, 9.17) is 27.9 Å². The minimum atomic E-state index is -1.15. The lowest BCUT2D eigenvalue weighted by molar-refractivity contribution is -0.152. The van der Waals surface area contributed by atoms with Crippen LogP contribution in [-0.2, 0) is 14.3 Å². The molecule has 0 aliphatic carbocycles. The van der Waals surface area contributed by atoms with Gasteiger partial charge in [0, 0.05) is 6.42 Å². The molecule has 1 aromatic rings. The van der Waals surface area contributed by atoms with Gasteiger partial charge < -0.3 is 4.74 Å². The van der Waals surface area contributed by atoms with Gasteiger partial charge >= 0.3 is 11.9 Å². The number of fused-ring (bicyclic) bond motifs is 3. The number of esters is 1. The molecule has 0 saturated carbocycles. The first-order valence-electron chi connectivity index (χ1n) is 5.54. The lowest BCUT2D eigenvalue weighted by atomic mass is 10.1. The fraction of sp³-hybridized carbons (Fsp3) is 0.364. The molecule has 1 fully saturated rings. The number of amides is 1. The first-order chi connectivity index (χ1) is 8.99. The minimum Gasteiger partial charge on any atom is -0.429 e. The second-order valence-corrected chi connectivity index (χ2v) is 6.30. The number of nitrogens with zero attached hydrogens (tertiary/aromatic N) is 2. The summed E-state index contributed by atoms with van der Waals surface area (Å²) in [6, 6.07) is 3.21. The minimum absolute atomic E-state index is 0.304. The smallest absolute Gasteiger partial charge is 0.399 e. The zero-order valence-corrected chi connectivity index (χ0v) is 12.1. The predicted octanol–water partition coefficient (Wildman–Crippen LogP) is 2.40. The summed E-state index contributed by atoms with van der Waals surface area (Å²) in [5, 5.41) is 0.821. The van der Waals surface area contributed by atoms with Crippen molar-refractivity contribution in [3.63, 3.8) is 0 Å². The summed E-state index contributed by atoms with van der Waals surface area (Å²) >= 11 is 13.4. The van der Waals surface area contributed by atoms with Gasteiger partial charge in [-0.3, -0.25) is 9.69 Å². The van der Waals surface area contributed by atoms with Crippen LogP contribution in [0.2, 0.25) is 5.15 Å². The third-order valence-electron chi connectivity index (χ3n) is 3.15. The molecule has 100 valence electrons. The summed E-state index contributed by atoms with van der Waals surface area (Å²) < 4.78 is 4.60. The van der Waals surface area contributed by atoms with Crippen LogP contribution in [0.1, 0.15) is 13.3 Å². The van der Waals surface area contributed by atoms with Crippen molar-refractivity contribution in [1.29, 1.82) is 0 Å². The Morgan fingerprint density at radius 1 is 1.53 bits per heavy atom. The molecule has 8 heteroatoms. The van der Waals surface area contributed by atoms with Gasteiger partial charge in [-0.25, -0.2) is 9.78 Å². The maximum absolute atomic E-state index is 12.0. The molecule has 0 spiro atoms. The Morgan fingerprint density at radius 3 is 2.95 bits per heavy atom. The van der Waals surface area contributed by atoms with Crippen molar-refractivity contribution in [3.05, 3.63) is 17.3 Å². The number of hydrogen-bond acceptors (Lipinski definition) is 5. The van der Waals surface area contributed by atoms with E-state index in [1.54, 1.807) is 12.1 Å². The van der Waals surface area contributed by atoms with E-state index in [9.17, 15) is 9.59 Å². The predicted molar refractivity (Wildman–Crippen MR) is 71.3 cm³/mol. The largest absolute Gasteiger partial charge is 0.429 e. The van der Waals surface area contributed by atoms with E-state index in [2.05, 4.69) is 4.98 Å². The maximum Gasteiger partial charge on any atom is 0.399 e. The average Bonchev–Trinajstić information content (AvgIpc) is 2.64. The standard InChI is InChI=1S/C11H8Cl2N2O3S/c1-2-11-10(13)19-7-5(3-4-6(12)14-7)15(11)8(16)9(17)18-11/h3-4,10H,2H2,1H3/t10-,11-/m0/s1. The number of alkyl halides is 1. The molecule has 1 aromatic heterocycles. The lowest BCUT2D eigenvalue weighted by Crippen LogP contribution is -2.54. The van der Waals surface area contributed by atoms with Gasteiger partial charge in [0.25, 0.3) is 0 Å². The van der Waals surface area contributed by atoms with Crippen molar-refractivity contribution in [2.75, 3.05) is 4.90 Å². The van der Waals surface area contributed by atoms with Crippen LogP contribution in [0.4, 0.5) is 5.69 Å². The Bertz CT molecular complexity index is 597. The molecule has 3 heterocycles. The fourth-order valence-corrected chi connectivity index (χ4v) is 4.10. The number of pyridine rings is 1. The van der Waals surface area contributed by atoms with Crippen molar-refractivity contribution < 1.29 is 14.3 Å². The number of thioether (sulfide) groups is 1. The first-order valence-corrected chi connectivity index (χ1v) is 7.24. The van der Waals surface area contributed by atoms with Gasteiger partial charge in [-0.1, -0.05) is 30.3 Å². The quantitative estimate of drug-likeness (QED) is 0.344. The highest BCUT2D eigenvalue weighted by Crippen LogP contribution is 2.51. The molecule has 0 bridgehead atoms. The maximum atomic E-state index is 12.0. The summed E-state index contributed by atoms with van der Waals surface area (Å²) in [6.07, 6.45) is 0.397. The van der Waals surface area contributed by atoms with E-state index in [-0.39, 0.29) is 0 Å². The number of rotatable bonds is 1. The van der Waals surface area contributed by atoms with Crippen LogP contribution in [0.5, 0.6) is 0 Å². The Kier molecular flexibility index (Phi) is 2.92. The molecule has 0 aromatic carbocycles. The number of hydrogen-bond donors (Lipinski definition) is 0. The van der Waals surface area contributed by atoms with E-state index in [0.717, 1.165) is 0 Å². The van der Waals surface area contributed by atoms with E-state index in [1.165, 1.54) is 16.7 Å². The van der Waals surface area contributed by atoms with Crippen LogP contribution >= 0.6 is 35.0 Å². The Labute approximate surface area is 123 Å². The molecule has 2 atom stereocenters. The molecule has 0 radical (unpaired) electrons. The zero-order valence-electron chi connectivity index (χ0n) is 9.72. The van der Waals surface area contributed by atoms with Crippen LogP contribution in [0, 0.1) is 0 Å². The second kappa shape index (κ2) is 4.26. The van der Waals surface area contributed by atoms with Gasteiger partial charge in [-0.05, 0) is 12.1 Å². The molecule has 0 N–H and O–H groups in total. The Morgan fingerprint density at radius 2 is 2.26 bits per heavy atom. The van der Waals surface area contributed by atoms with Crippen LogP contribution in [0.3, 0.4) is 0 Å². The summed E-state index contributed by atoms with van der Waals surface area (Å²) in [5.74, 6) is -1.62. The highest BCUT2D eigenvalue weighted by Gasteiger charge is 2.60. The first kappa shape index (κ1) is 13.0. The molecule has 5 nitrogen and oxygen atoms in total. The van der Waals surface area contributed by atoms with Crippen molar-refractivity contribution in [1.82, 2.24) is 4.98 Å². The van der Waals surface area contributed by atoms with Crippen molar-refractivity contribution in [2.45, 2.75) is 28.8 Å². The average molecular weight is 319 g/mol. The third kappa shape index (κ3) is 1.67. The number of aromatic nitrogens is 1. The third-order valence-corrected chi connectivity index (χ3v) is 5.07. The van der Waals surface area contributed by atoms with Crippen LogP contribution in [0.15, 0.2) is 17.2 Å². The van der Waals surface area contributed by atoms with Crippen LogP contribution in [-0.4, -0.2) is 27.3 Å². The van der Waals surface area contributed by atoms with Gasteiger partial charge in [0.05, 0.1) is 5.69 Å². The highest BCUT2D eigenvalue weighted by atomic mass is 35.5. The molecule has 2 aliphatic rings. The van der Waals surface area contributed by atoms with Crippen molar-refractivity contribution >= 4 is 52.5 Å². The highest BCUT2D eigenvalue weighted by molar-refractivity contribution is 8.01. The van der Waals surface area contributed by atoms with Crippen LogP contribution in [0.25, 0.3) is 0 Å². The molecular formula is C11H8Cl2N2O3S. The van der Waals surface area contributed by atoms with Gasteiger partial charge in [0.1, 0.15) is 14.9 Å². The summed E-state index contributed by atoms with van der Waals surface area (Å²) in [6.45, 7) is 1.81. The van der Waals surface area contributed by atoms with Crippen LogP contribution < -0.4 is 4.90 Å². The molecule has 19 heavy (non-hydrogen) atoms. The number of halogens is 2. The van der Waals surface area contributed by atoms with Crippen molar-refractivity contribution in [2.24, 2.45) is 0 Å². The Hall–Kier alpha value is -0.980.